The highest BCUT2D eigenvalue weighted by Gasteiger charge is 2.61. The molecule has 4 unspecified atom stereocenters. The first-order chi connectivity index (χ1) is 54.6. The quantitative estimate of drug-likeness (QED) is 0.0376. The molecule has 5 aliphatic carbocycles. The lowest BCUT2D eigenvalue weighted by atomic mass is 9.83. The number of hydrogen-bond acceptors (Lipinski definition) is 21. The van der Waals surface area contributed by atoms with E-state index in [-0.39, 0.29) is 128 Å². The minimum absolute atomic E-state index is 0. The van der Waals surface area contributed by atoms with Crippen molar-refractivity contribution >= 4 is 39.6 Å². The molecule has 6 bridgehead atoms. The molecular weight excluding hydrogens is 1680 g/mol. The Morgan fingerprint density at radius 1 is 0.508 bits per heavy atom. The van der Waals surface area contributed by atoms with Gasteiger partial charge in [-0.25, -0.2) is 4.79 Å². The van der Waals surface area contributed by atoms with Crippen molar-refractivity contribution in [2.45, 2.75) is 282 Å². The number of carboxylic acids is 1. The Morgan fingerprint density at radius 2 is 0.881 bits per heavy atom. The van der Waals surface area contributed by atoms with Crippen LogP contribution in [0.25, 0.3) is 0 Å². The fourth-order valence-electron chi connectivity index (χ4n) is 14.3. The first kappa shape index (κ1) is 102. The first-order valence-corrected chi connectivity index (χ1v) is 41.8. The highest BCUT2D eigenvalue weighted by molar-refractivity contribution is 7.87. The third kappa shape index (κ3) is 28.6. The maximum Gasteiger partial charge on any atom is 0.534 e. The van der Waals surface area contributed by atoms with E-state index in [9.17, 15) is 80.7 Å². The van der Waals surface area contributed by atoms with E-state index in [0.29, 0.717) is 162 Å². The molecule has 0 aromatic carbocycles. The second-order valence-electron chi connectivity index (χ2n) is 34.0. The number of halogens is 14. The van der Waals surface area contributed by atoms with E-state index in [4.69, 9.17) is 66.7 Å². The maximum atomic E-state index is 15.1. The summed E-state index contributed by atoms with van der Waals surface area (Å²) in [5, 5.41) is 8.48. The summed E-state index contributed by atoms with van der Waals surface area (Å²) in [6.07, 6.45) is 10.3. The van der Waals surface area contributed by atoms with E-state index >= 15 is 8.78 Å². The number of alkyl halides is 13. The zero-order valence-corrected chi connectivity index (χ0v) is 70.8. The summed E-state index contributed by atoms with van der Waals surface area (Å²) < 4.78 is 276. The number of hydrogen-bond donors (Lipinski definition) is 1. The number of esters is 2. The fourth-order valence-corrected chi connectivity index (χ4v) is 14.8. The van der Waals surface area contributed by atoms with Gasteiger partial charge >= 0.3 is 63.1 Å². The smallest absolute Gasteiger partial charge is 0.534 e. The van der Waals surface area contributed by atoms with E-state index in [0.717, 1.165) is 31.8 Å². The molecule has 0 spiro atoms. The third-order valence-corrected chi connectivity index (χ3v) is 23.0. The molecule has 11 saturated heterocycles. The summed E-state index contributed by atoms with van der Waals surface area (Å²) in [7, 11) is -6.22. The van der Waals surface area contributed by atoms with Crippen LogP contribution >= 0.6 is 0 Å². The lowest BCUT2D eigenvalue weighted by Crippen LogP contribution is -3.00. The lowest BCUT2D eigenvalue weighted by Gasteiger charge is -2.51. The number of carbonyl (C=O) groups excluding carboxylic acids is 4. The summed E-state index contributed by atoms with van der Waals surface area (Å²) >= 11 is 0. The standard InChI is InChI=1S/C16H21F5O6S.C15H22F2O4.C15H20F2O4.C15H20F2O3.C10H12F2O2.C8H14O3.C2H6.BrH/c1-13-8-24-14(25-9-13,26-10-13)7-11-5-3-2-4-6-12(15(11,17)18)27-28(22,23)16(19,20)21;1-13-8-19-14(20-9-13,21-10-13)7-11-5-3-2-4-6-12(18)15(11,16)17;1-14(8-20-9-14)10-21-13(19)7-11-5-3-2-4-6-12(18)15(11,16)17;1-13-9-18-15(19-10-13,20-11-13)8-12-6-4-2-3-5-7-14(12,16)17;11-10(12)6-4-2-1-3-5-8(10)7-9(13)14;1-3-7(9)11-6-8(2)4-10-5-8;1-2;/h6,11H,2-5,7-10H2,1H3;11H,2-10H2,1H3;7H,2-6,8-10H2,1H3;12H,2-4,6,8-11H2,1H3;8H,1-3,5,7H2,(H,13,14);3-6H2,1-2H3;1-2H3;1H/p-1/b12-6+;;;;;;;. The van der Waals surface area contributed by atoms with Crippen molar-refractivity contribution in [3.8, 4) is 23.7 Å². The van der Waals surface area contributed by atoms with Crippen molar-refractivity contribution in [2.24, 2.45) is 50.7 Å². The van der Waals surface area contributed by atoms with E-state index in [1.165, 1.54) is 0 Å². The molecule has 2 saturated carbocycles. The van der Waals surface area contributed by atoms with Crippen LogP contribution in [0.1, 0.15) is 229 Å². The molecular formula is C81H115BrF13O22S-. The van der Waals surface area contributed by atoms with Crippen LogP contribution in [0.4, 0.5) is 57.1 Å². The molecule has 676 valence electrons. The summed E-state index contributed by atoms with van der Waals surface area (Å²) in [6, 6.07) is 0. The number of ketones is 2. The van der Waals surface area contributed by atoms with Crippen molar-refractivity contribution in [2.75, 3.05) is 99.1 Å². The fraction of sp³-hybridized carbons (Fsp3) is 0.840. The van der Waals surface area contributed by atoms with Crippen LogP contribution < -0.4 is 17.0 Å². The van der Waals surface area contributed by atoms with Crippen molar-refractivity contribution < 1.29 is 177 Å². The van der Waals surface area contributed by atoms with Gasteiger partial charge in [0.25, 0.3) is 17.9 Å². The van der Waals surface area contributed by atoms with Gasteiger partial charge in [0.15, 0.2) is 5.76 Å². The van der Waals surface area contributed by atoms with Crippen molar-refractivity contribution in [1.29, 1.82) is 0 Å². The lowest BCUT2D eigenvalue weighted by molar-refractivity contribution is -0.472. The maximum absolute atomic E-state index is 15.1. The second kappa shape index (κ2) is 42.7. The van der Waals surface area contributed by atoms with Gasteiger partial charge in [-0.05, 0) is 95.0 Å². The van der Waals surface area contributed by atoms with E-state index in [2.05, 4.69) is 28.9 Å². The van der Waals surface area contributed by atoms with Gasteiger partial charge in [-0.2, -0.15) is 65.5 Å². The van der Waals surface area contributed by atoms with Gasteiger partial charge in [0.05, 0.1) is 92.3 Å². The molecule has 11 aliphatic heterocycles. The molecule has 37 heteroatoms. The number of aliphatic carboxylic acids is 1. The van der Waals surface area contributed by atoms with Crippen LogP contribution in [-0.4, -0.2) is 195 Å². The van der Waals surface area contributed by atoms with Crippen LogP contribution in [-0.2, 0) is 99.9 Å². The second-order valence-corrected chi connectivity index (χ2v) is 35.5. The monoisotopic (exact) mass is 1800 g/mol. The zero-order valence-electron chi connectivity index (χ0n) is 68.4. The van der Waals surface area contributed by atoms with E-state index in [1.54, 1.807) is 6.92 Å². The number of ether oxygens (including phenoxy) is 13. The largest absolute Gasteiger partial charge is 1.00 e. The Balaban J connectivity index is 0.000000223. The van der Waals surface area contributed by atoms with Gasteiger partial charge in [0.1, 0.15) is 13.2 Å². The summed E-state index contributed by atoms with van der Waals surface area (Å²) in [5.74, 6) is -22.8. The van der Waals surface area contributed by atoms with Crippen LogP contribution in [0.3, 0.4) is 0 Å². The summed E-state index contributed by atoms with van der Waals surface area (Å²) in [6.45, 7) is 22.1. The van der Waals surface area contributed by atoms with Crippen LogP contribution in [0.5, 0.6) is 0 Å². The SMILES string of the molecule is CC.CC1(COC(=O)C=C2CCCCCC(=O)C2(F)F)COC1.CC12COC(CC3CCCC/C=C(/OS(=O)(=O)C(F)(F)F)C3(F)F)(OC1)OC2.CC12COC(CC3CCCCC#CC3(F)F)(OC1)OC2.CC12COC(CC3CCCCCC(=O)C3(F)F)(OC1)OC2.CCC(=O)OCC1(C)COC1.O=C(O)CC1CCCCC#CC1(F)F.[Br-]. The highest BCUT2D eigenvalue weighted by atomic mass is 79.9. The first-order valence-electron chi connectivity index (χ1n) is 40.4. The molecule has 0 aromatic rings. The Kier molecular flexibility index (Phi) is 37.0. The Morgan fingerprint density at radius 3 is 1.31 bits per heavy atom. The van der Waals surface area contributed by atoms with Crippen molar-refractivity contribution in [1.82, 2.24) is 0 Å². The van der Waals surface area contributed by atoms with Crippen LogP contribution in [0, 0.1) is 74.4 Å². The molecule has 11 heterocycles. The van der Waals surface area contributed by atoms with Crippen LogP contribution in [0.2, 0.25) is 0 Å². The average molecular weight is 1800 g/mol. The molecule has 118 heavy (non-hydrogen) atoms. The Labute approximate surface area is 692 Å². The average Bonchev–Trinajstić information content (AvgIpc) is 0.758. The molecule has 0 radical (unpaired) electrons. The molecule has 22 nitrogen and oxygen atoms in total. The number of allylic oxidation sites excluding steroid dienone is 3. The van der Waals surface area contributed by atoms with Gasteiger partial charge in [0.2, 0.25) is 11.6 Å². The topological polar surface area (TPSA) is 269 Å². The number of carboxylic acid groups (broad SMARTS) is 1. The molecule has 0 amide bonds. The van der Waals surface area contributed by atoms with E-state index < -0.39 is 135 Å². The predicted octanol–water partition coefficient (Wildman–Crippen LogP) is 13.5. The summed E-state index contributed by atoms with van der Waals surface area (Å²) in [4.78, 5) is 56.0. The van der Waals surface area contributed by atoms with Crippen molar-refractivity contribution in [3.05, 3.63) is 23.5 Å². The minimum atomic E-state index is -6.22. The van der Waals surface area contributed by atoms with Gasteiger partial charge in [-0.1, -0.05) is 106 Å². The normalized spacial score (nSPS) is 33.8. The number of rotatable bonds is 16. The predicted molar refractivity (Wildman–Crippen MR) is 392 cm³/mol. The van der Waals surface area contributed by atoms with Crippen LogP contribution in [0.15, 0.2) is 23.5 Å². The molecule has 0 aromatic heterocycles. The van der Waals surface area contributed by atoms with Gasteiger partial charge in [-0.3, -0.25) is 19.2 Å². The molecule has 13 fully saturated rings. The highest BCUT2D eigenvalue weighted by Crippen LogP contribution is 2.51. The third-order valence-electron chi connectivity index (χ3n) is 22.1. The number of Topliss-reactive ketones (excluding diaryl/α,β-unsaturated/α-hetero) is 2. The Hall–Kier alpha value is -4.77. The molecule has 16 rings (SSSR count). The molecule has 4 atom stereocenters. The Bertz CT molecular complexity index is 3570. The molecule has 16 aliphatic rings. The van der Waals surface area contributed by atoms with Crippen molar-refractivity contribution in [3.63, 3.8) is 0 Å². The molecule has 1 N–H and O–H groups in total. The number of fused-ring (bicyclic) bond motifs is 9. The summed E-state index contributed by atoms with van der Waals surface area (Å²) in [5.41, 5.74) is -7.11. The number of carbonyl (C=O) groups is 5. The minimum Gasteiger partial charge on any atom is -1.00 e. The van der Waals surface area contributed by atoms with E-state index in [1.807, 2.05) is 47.5 Å². The zero-order chi connectivity index (χ0) is 86.7. The van der Waals surface area contributed by atoms with Gasteiger partial charge < -0.3 is 87.9 Å². The van der Waals surface area contributed by atoms with Gasteiger partial charge in [0, 0.05) is 114 Å². The van der Waals surface area contributed by atoms with Gasteiger partial charge in [-0.15, -0.1) is 0 Å².